The SMILES string of the molecule is CCCCCC/C=C\C/C=C\CCCCCCCCOCC(CO)OC(=O)CCCCCCCCCCC/C=C\CCCCCCCC. The second kappa shape index (κ2) is 41.8. The molecule has 48 heavy (non-hydrogen) atoms. The van der Waals surface area contributed by atoms with E-state index < -0.39 is 6.10 Å². The number of unbranched alkanes of at least 4 members (excludes halogenated alkanes) is 25. The van der Waals surface area contributed by atoms with Crippen molar-refractivity contribution in [2.45, 2.75) is 219 Å². The fourth-order valence-electron chi connectivity index (χ4n) is 6.00. The summed E-state index contributed by atoms with van der Waals surface area (Å²) >= 11 is 0. The highest BCUT2D eigenvalue weighted by Crippen LogP contribution is 2.13. The maximum absolute atomic E-state index is 12.2. The van der Waals surface area contributed by atoms with E-state index in [1.807, 2.05) is 0 Å². The molecule has 0 saturated heterocycles. The van der Waals surface area contributed by atoms with Crippen LogP contribution in [0.4, 0.5) is 0 Å². The van der Waals surface area contributed by atoms with E-state index in [4.69, 9.17) is 9.47 Å². The molecule has 0 heterocycles. The zero-order valence-corrected chi connectivity index (χ0v) is 32.3. The first-order chi connectivity index (χ1) is 23.7. The molecule has 0 bridgehead atoms. The van der Waals surface area contributed by atoms with Gasteiger partial charge in [-0.15, -0.1) is 0 Å². The molecule has 0 aromatic carbocycles. The van der Waals surface area contributed by atoms with Gasteiger partial charge in [0, 0.05) is 13.0 Å². The second-order valence-corrected chi connectivity index (χ2v) is 14.1. The van der Waals surface area contributed by atoms with Gasteiger partial charge in [0.2, 0.25) is 0 Å². The van der Waals surface area contributed by atoms with Gasteiger partial charge < -0.3 is 14.6 Å². The minimum Gasteiger partial charge on any atom is -0.457 e. The number of aliphatic hydroxyl groups excluding tert-OH is 1. The van der Waals surface area contributed by atoms with Crippen LogP contribution >= 0.6 is 0 Å². The number of hydrogen-bond acceptors (Lipinski definition) is 4. The molecule has 0 aromatic rings. The molecule has 0 fully saturated rings. The molecular weight excluding hydrogens is 592 g/mol. The Hall–Kier alpha value is -1.39. The highest BCUT2D eigenvalue weighted by Gasteiger charge is 2.13. The summed E-state index contributed by atoms with van der Waals surface area (Å²) in [4.78, 5) is 12.2. The standard InChI is InChI=1S/C44H82O4/c1-3-5-7-9-11-13-15-17-19-21-22-23-25-27-29-31-33-35-37-39-44(46)48-43(41-45)42-47-40-38-36-34-32-30-28-26-24-20-18-16-14-12-10-8-6-4-2/h14,16-17,19-20,24,43,45H,3-13,15,18,21-23,25-42H2,1-2H3/b16-14-,19-17-,24-20-. The summed E-state index contributed by atoms with van der Waals surface area (Å²) < 4.78 is 11.1. The van der Waals surface area contributed by atoms with Crippen LogP contribution in [0.5, 0.6) is 0 Å². The molecule has 0 spiro atoms. The van der Waals surface area contributed by atoms with Crippen molar-refractivity contribution < 1.29 is 19.4 Å². The van der Waals surface area contributed by atoms with E-state index in [0.717, 1.165) is 25.7 Å². The first-order valence-corrected chi connectivity index (χ1v) is 21.1. The number of ether oxygens (including phenoxy) is 2. The average molecular weight is 675 g/mol. The van der Waals surface area contributed by atoms with Crippen LogP contribution in [0.25, 0.3) is 0 Å². The van der Waals surface area contributed by atoms with Crippen molar-refractivity contribution in [2.75, 3.05) is 19.8 Å². The predicted octanol–water partition coefficient (Wildman–Crippen LogP) is 13.7. The van der Waals surface area contributed by atoms with Gasteiger partial charge in [0.05, 0.1) is 13.2 Å². The van der Waals surface area contributed by atoms with Gasteiger partial charge in [0.15, 0.2) is 0 Å². The second-order valence-electron chi connectivity index (χ2n) is 14.1. The third-order valence-corrected chi connectivity index (χ3v) is 9.19. The van der Waals surface area contributed by atoms with Crippen LogP contribution in [0.3, 0.4) is 0 Å². The number of esters is 1. The minimum atomic E-state index is -0.539. The Morgan fingerprint density at radius 2 is 0.875 bits per heavy atom. The molecule has 0 aromatic heterocycles. The quantitative estimate of drug-likeness (QED) is 0.0400. The lowest BCUT2D eigenvalue weighted by Gasteiger charge is -2.15. The normalized spacial score (nSPS) is 12.6. The smallest absolute Gasteiger partial charge is 0.306 e. The summed E-state index contributed by atoms with van der Waals surface area (Å²) in [5.41, 5.74) is 0. The number of carbonyl (C=O) groups is 1. The predicted molar refractivity (Wildman–Crippen MR) is 210 cm³/mol. The lowest BCUT2D eigenvalue weighted by molar-refractivity contribution is -0.154. The molecule has 4 nitrogen and oxygen atoms in total. The molecule has 0 aliphatic carbocycles. The van der Waals surface area contributed by atoms with Crippen LogP contribution in [0, 0.1) is 0 Å². The molecule has 0 aliphatic rings. The summed E-state index contributed by atoms with van der Waals surface area (Å²) in [6.45, 7) is 5.32. The Morgan fingerprint density at radius 3 is 1.33 bits per heavy atom. The summed E-state index contributed by atoms with van der Waals surface area (Å²) in [7, 11) is 0. The molecular formula is C44H82O4. The Morgan fingerprint density at radius 1 is 0.500 bits per heavy atom. The van der Waals surface area contributed by atoms with Crippen LogP contribution in [0.2, 0.25) is 0 Å². The topological polar surface area (TPSA) is 55.8 Å². The van der Waals surface area contributed by atoms with Crippen molar-refractivity contribution in [3.8, 4) is 0 Å². The van der Waals surface area contributed by atoms with Crippen molar-refractivity contribution in [3.63, 3.8) is 0 Å². The first kappa shape index (κ1) is 46.6. The van der Waals surface area contributed by atoms with Crippen molar-refractivity contribution in [1.82, 2.24) is 0 Å². The third-order valence-electron chi connectivity index (χ3n) is 9.19. The van der Waals surface area contributed by atoms with Crippen molar-refractivity contribution in [2.24, 2.45) is 0 Å². The Bertz CT molecular complexity index is 713. The molecule has 0 saturated carbocycles. The van der Waals surface area contributed by atoms with Crippen LogP contribution in [0.1, 0.15) is 213 Å². The van der Waals surface area contributed by atoms with E-state index in [2.05, 4.69) is 50.3 Å². The molecule has 0 aliphatic heterocycles. The maximum atomic E-state index is 12.2. The summed E-state index contributed by atoms with van der Waals surface area (Å²) in [5.74, 6) is -0.206. The zero-order valence-electron chi connectivity index (χ0n) is 32.3. The van der Waals surface area contributed by atoms with E-state index in [1.54, 1.807) is 0 Å². The highest BCUT2D eigenvalue weighted by molar-refractivity contribution is 5.69. The van der Waals surface area contributed by atoms with Gasteiger partial charge in [-0.25, -0.2) is 0 Å². The molecule has 1 N–H and O–H groups in total. The van der Waals surface area contributed by atoms with Crippen LogP contribution in [-0.4, -0.2) is 37.0 Å². The largest absolute Gasteiger partial charge is 0.457 e. The minimum absolute atomic E-state index is 0.176. The first-order valence-electron chi connectivity index (χ1n) is 21.1. The molecule has 0 amide bonds. The van der Waals surface area contributed by atoms with E-state index >= 15 is 0 Å². The fourth-order valence-corrected chi connectivity index (χ4v) is 6.00. The highest BCUT2D eigenvalue weighted by atomic mass is 16.6. The van der Waals surface area contributed by atoms with Crippen molar-refractivity contribution >= 4 is 5.97 Å². The van der Waals surface area contributed by atoms with Crippen LogP contribution in [0.15, 0.2) is 36.5 Å². The van der Waals surface area contributed by atoms with Crippen LogP contribution in [-0.2, 0) is 14.3 Å². The Kier molecular flexibility index (Phi) is 40.6. The summed E-state index contributed by atoms with van der Waals surface area (Å²) in [6.07, 6.45) is 52.0. The van der Waals surface area contributed by atoms with Crippen molar-refractivity contribution in [1.29, 1.82) is 0 Å². The maximum Gasteiger partial charge on any atom is 0.306 e. The van der Waals surface area contributed by atoms with E-state index in [1.165, 1.54) is 167 Å². The van der Waals surface area contributed by atoms with Gasteiger partial charge in [-0.05, 0) is 70.6 Å². The molecule has 4 heteroatoms. The number of allylic oxidation sites excluding steroid dienone is 6. The number of aliphatic hydroxyl groups is 1. The number of hydrogen-bond donors (Lipinski definition) is 1. The monoisotopic (exact) mass is 675 g/mol. The fraction of sp³-hybridized carbons (Fsp3) is 0.841. The lowest BCUT2D eigenvalue weighted by atomic mass is 10.1. The third kappa shape index (κ3) is 39.1. The van der Waals surface area contributed by atoms with Gasteiger partial charge in [-0.1, -0.05) is 172 Å². The van der Waals surface area contributed by atoms with Crippen molar-refractivity contribution in [3.05, 3.63) is 36.5 Å². The molecule has 1 atom stereocenters. The van der Waals surface area contributed by atoms with E-state index in [0.29, 0.717) is 13.0 Å². The molecule has 282 valence electrons. The number of rotatable bonds is 39. The lowest BCUT2D eigenvalue weighted by Crippen LogP contribution is -2.27. The summed E-state index contributed by atoms with van der Waals surface area (Å²) in [5, 5.41) is 9.59. The molecule has 1 unspecified atom stereocenters. The summed E-state index contributed by atoms with van der Waals surface area (Å²) in [6, 6.07) is 0. The van der Waals surface area contributed by atoms with Gasteiger partial charge in [-0.2, -0.15) is 0 Å². The Balaban J connectivity index is 3.44. The average Bonchev–Trinajstić information content (AvgIpc) is 3.09. The zero-order chi connectivity index (χ0) is 34.9. The van der Waals surface area contributed by atoms with Crippen LogP contribution < -0.4 is 0 Å². The Labute approximate surface area is 300 Å². The van der Waals surface area contributed by atoms with E-state index in [9.17, 15) is 9.90 Å². The van der Waals surface area contributed by atoms with Gasteiger partial charge in [0.25, 0.3) is 0 Å². The number of carbonyl (C=O) groups excluding carboxylic acids is 1. The van der Waals surface area contributed by atoms with E-state index in [-0.39, 0.29) is 19.2 Å². The molecule has 0 radical (unpaired) electrons. The van der Waals surface area contributed by atoms with Gasteiger partial charge >= 0.3 is 5.97 Å². The molecule has 0 rings (SSSR count). The van der Waals surface area contributed by atoms with Gasteiger partial charge in [-0.3, -0.25) is 4.79 Å². The van der Waals surface area contributed by atoms with Gasteiger partial charge in [0.1, 0.15) is 6.10 Å².